The zero-order valence-electron chi connectivity index (χ0n) is 15.0. The van der Waals surface area contributed by atoms with E-state index in [-0.39, 0.29) is 18.0 Å². The lowest BCUT2D eigenvalue weighted by atomic mass is 9.72. The van der Waals surface area contributed by atoms with Crippen molar-refractivity contribution in [1.29, 1.82) is 0 Å². The lowest BCUT2D eigenvalue weighted by Crippen LogP contribution is -2.44. The van der Waals surface area contributed by atoms with Gasteiger partial charge in [-0.1, -0.05) is 6.92 Å². The predicted octanol–water partition coefficient (Wildman–Crippen LogP) is 2.21. The first kappa shape index (κ1) is 17.0. The summed E-state index contributed by atoms with van der Waals surface area (Å²) in [4.78, 5) is 26.6. The fourth-order valence-corrected chi connectivity index (χ4v) is 4.86. The zero-order valence-corrected chi connectivity index (χ0v) is 15.0. The third-order valence-electron chi connectivity index (χ3n) is 6.33. The molecule has 1 amide bonds. The summed E-state index contributed by atoms with van der Waals surface area (Å²) in [6.45, 7) is 5.92. The molecule has 0 aromatic carbocycles. The molecule has 6 heteroatoms. The molecule has 0 saturated carbocycles. The molecule has 0 unspecified atom stereocenters. The lowest BCUT2D eigenvalue weighted by molar-refractivity contribution is -0.151. The largest absolute Gasteiger partial charge is 0.481 e. The number of carboxylic acids is 1. The Morgan fingerprint density at radius 3 is 2.54 bits per heavy atom. The number of carbonyl (C=O) groups is 2. The number of amides is 1. The van der Waals surface area contributed by atoms with Crippen LogP contribution in [0, 0.1) is 19.3 Å². The number of aromatic nitrogens is 2. The summed E-state index contributed by atoms with van der Waals surface area (Å²) in [5.41, 5.74) is 2.47. The topological polar surface area (TPSA) is 75.4 Å². The van der Waals surface area contributed by atoms with Gasteiger partial charge in [0.15, 0.2) is 0 Å². The van der Waals surface area contributed by atoms with Crippen molar-refractivity contribution in [2.45, 2.75) is 71.4 Å². The number of carboxylic acid groups (broad SMARTS) is 1. The van der Waals surface area contributed by atoms with E-state index in [0.717, 1.165) is 29.8 Å². The number of hydrogen-bond acceptors (Lipinski definition) is 3. The second kappa shape index (κ2) is 5.90. The fraction of sp³-hybridized carbons (Fsp3) is 0.722. The van der Waals surface area contributed by atoms with Crippen LogP contribution in [0.5, 0.6) is 0 Å². The molecule has 0 radical (unpaired) electrons. The van der Waals surface area contributed by atoms with Crippen LogP contribution < -0.4 is 0 Å². The highest BCUT2D eigenvalue weighted by atomic mass is 16.4. The average molecular weight is 333 g/mol. The van der Waals surface area contributed by atoms with Gasteiger partial charge in [-0.25, -0.2) is 0 Å². The van der Waals surface area contributed by atoms with Crippen LogP contribution in [0.15, 0.2) is 0 Å². The Bertz CT molecular complexity index is 681. The van der Waals surface area contributed by atoms with Crippen LogP contribution in [0.25, 0.3) is 0 Å². The molecule has 0 aliphatic carbocycles. The van der Waals surface area contributed by atoms with Crippen molar-refractivity contribution in [2.75, 3.05) is 0 Å². The first-order valence-corrected chi connectivity index (χ1v) is 8.85. The average Bonchev–Trinajstić information content (AvgIpc) is 3.17. The second-order valence-electron chi connectivity index (χ2n) is 7.34. The van der Waals surface area contributed by atoms with Gasteiger partial charge in [0.2, 0.25) is 5.91 Å². The van der Waals surface area contributed by atoms with Crippen LogP contribution in [0.2, 0.25) is 0 Å². The standard InChI is InChI=1S/C18H27N3O3/c1-5-18(17(23)24)10-13-6-8-15(18)21(13)16(22)9-7-14-11(2)19-20(4)12(14)3/h13,15H,5-10H2,1-4H3,(H,23,24)/t13-,15+,18+/m0/s1. The number of carbonyl (C=O) groups excluding carboxylic acids is 1. The van der Waals surface area contributed by atoms with Crippen molar-refractivity contribution >= 4 is 11.9 Å². The summed E-state index contributed by atoms with van der Waals surface area (Å²) in [6.07, 6.45) is 4.07. The Labute approximate surface area is 142 Å². The highest BCUT2D eigenvalue weighted by Gasteiger charge is 2.60. The molecule has 6 nitrogen and oxygen atoms in total. The summed E-state index contributed by atoms with van der Waals surface area (Å²) in [5.74, 6) is -0.643. The third kappa shape index (κ3) is 2.34. The van der Waals surface area contributed by atoms with Crippen molar-refractivity contribution in [2.24, 2.45) is 12.5 Å². The Hall–Kier alpha value is -1.85. The number of nitrogens with zero attached hydrogens (tertiary/aromatic N) is 3. The van der Waals surface area contributed by atoms with Crippen molar-refractivity contribution < 1.29 is 14.7 Å². The van der Waals surface area contributed by atoms with E-state index in [2.05, 4.69) is 5.10 Å². The van der Waals surface area contributed by atoms with E-state index in [1.165, 1.54) is 0 Å². The van der Waals surface area contributed by atoms with Crippen LogP contribution in [0.4, 0.5) is 0 Å². The maximum atomic E-state index is 12.8. The van der Waals surface area contributed by atoms with Gasteiger partial charge >= 0.3 is 5.97 Å². The number of fused-ring (bicyclic) bond motifs is 2. The second-order valence-corrected chi connectivity index (χ2v) is 7.34. The third-order valence-corrected chi connectivity index (χ3v) is 6.33. The summed E-state index contributed by atoms with van der Waals surface area (Å²) in [6, 6.07) is -0.0248. The lowest BCUT2D eigenvalue weighted by Gasteiger charge is -2.32. The van der Waals surface area contributed by atoms with Gasteiger partial charge in [0.25, 0.3) is 0 Å². The molecule has 2 saturated heterocycles. The molecule has 2 aliphatic heterocycles. The summed E-state index contributed by atoms with van der Waals surface area (Å²) in [7, 11) is 1.91. The van der Waals surface area contributed by atoms with E-state index >= 15 is 0 Å². The van der Waals surface area contributed by atoms with E-state index < -0.39 is 11.4 Å². The smallest absolute Gasteiger partial charge is 0.311 e. The number of hydrogen-bond donors (Lipinski definition) is 1. The van der Waals surface area contributed by atoms with Gasteiger partial charge in [-0.05, 0) is 51.5 Å². The van der Waals surface area contributed by atoms with Crippen molar-refractivity contribution in [3.8, 4) is 0 Å². The van der Waals surface area contributed by atoms with Crippen LogP contribution >= 0.6 is 0 Å². The van der Waals surface area contributed by atoms with Crippen LogP contribution in [-0.4, -0.2) is 43.7 Å². The highest BCUT2D eigenvalue weighted by Crippen LogP contribution is 2.52. The van der Waals surface area contributed by atoms with E-state index in [9.17, 15) is 14.7 Å². The molecule has 2 bridgehead atoms. The van der Waals surface area contributed by atoms with Crippen molar-refractivity contribution in [3.05, 3.63) is 17.0 Å². The quantitative estimate of drug-likeness (QED) is 0.896. The van der Waals surface area contributed by atoms with Gasteiger partial charge in [0, 0.05) is 31.2 Å². The van der Waals surface area contributed by atoms with Gasteiger partial charge in [0.05, 0.1) is 11.1 Å². The van der Waals surface area contributed by atoms with E-state index in [1.807, 2.05) is 37.4 Å². The first-order chi connectivity index (χ1) is 11.3. The fourth-order valence-electron chi connectivity index (χ4n) is 4.86. The number of aryl methyl sites for hydroxylation is 2. The maximum absolute atomic E-state index is 12.8. The summed E-state index contributed by atoms with van der Waals surface area (Å²) < 4.78 is 1.85. The molecule has 132 valence electrons. The Morgan fingerprint density at radius 2 is 2.04 bits per heavy atom. The molecule has 2 aliphatic rings. The van der Waals surface area contributed by atoms with Crippen LogP contribution in [0.3, 0.4) is 0 Å². The monoisotopic (exact) mass is 333 g/mol. The molecule has 0 spiro atoms. The first-order valence-electron chi connectivity index (χ1n) is 8.85. The Morgan fingerprint density at radius 1 is 1.33 bits per heavy atom. The molecule has 1 aromatic rings. The molecular formula is C18H27N3O3. The van der Waals surface area contributed by atoms with Gasteiger partial charge in [-0.2, -0.15) is 5.10 Å². The normalized spacial score (nSPS) is 28.6. The molecule has 1 aromatic heterocycles. The SMILES string of the molecule is CC[C@@]1(C(=O)O)C[C@@H]2CC[C@H]1N2C(=O)CCc1c(C)nn(C)c1C. The molecule has 2 fully saturated rings. The highest BCUT2D eigenvalue weighted by molar-refractivity contribution is 5.83. The zero-order chi connectivity index (χ0) is 17.6. The van der Waals surface area contributed by atoms with Gasteiger partial charge in [-0.3, -0.25) is 14.3 Å². The van der Waals surface area contributed by atoms with Gasteiger partial charge in [0.1, 0.15) is 0 Å². The van der Waals surface area contributed by atoms with Crippen LogP contribution in [-0.2, 0) is 23.1 Å². The number of rotatable bonds is 5. The minimum Gasteiger partial charge on any atom is -0.481 e. The predicted molar refractivity (Wildman–Crippen MR) is 89.6 cm³/mol. The number of aliphatic carboxylic acids is 1. The van der Waals surface area contributed by atoms with E-state index in [0.29, 0.717) is 25.7 Å². The molecule has 3 rings (SSSR count). The molecule has 3 heterocycles. The Balaban J connectivity index is 1.73. The molecule has 3 atom stereocenters. The van der Waals surface area contributed by atoms with E-state index in [4.69, 9.17) is 0 Å². The minimum atomic E-state index is -0.742. The van der Waals surface area contributed by atoms with Crippen molar-refractivity contribution in [1.82, 2.24) is 14.7 Å². The van der Waals surface area contributed by atoms with Gasteiger partial charge in [-0.15, -0.1) is 0 Å². The summed E-state index contributed by atoms with van der Waals surface area (Å²) in [5, 5.41) is 14.1. The molecule has 24 heavy (non-hydrogen) atoms. The van der Waals surface area contributed by atoms with E-state index in [1.54, 1.807) is 0 Å². The summed E-state index contributed by atoms with van der Waals surface area (Å²) >= 11 is 0. The van der Waals surface area contributed by atoms with Crippen molar-refractivity contribution in [3.63, 3.8) is 0 Å². The maximum Gasteiger partial charge on any atom is 0.311 e. The minimum absolute atomic E-state index is 0.0988. The van der Waals surface area contributed by atoms with Crippen LogP contribution in [0.1, 0.15) is 56.0 Å². The molecular weight excluding hydrogens is 306 g/mol. The Kier molecular flexibility index (Phi) is 4.18. The molecule has 1 N–H and O–H groups in total. The van der Waals surface area contributed by atoms with Gasteiger partial charge < -0.3 is 10.0 Å².